The fourth-order valence-corrected chi connectivity index (χ4v) is 7.72. The zero-order valence-corrected chi connectivity index (χ0v) is 27.0. The van der Waals surface area contributed by atoms with Gasteiger partial charge in [0.25, 0.3) is 23.6 Å². The molecule has 7 aromatic rings. The molecule has 4 amide bonds. The summed E-state index contributed by atoms with van der Waals surface area (Å²) in [6.45, 7) is -0.829. The smallest absolute Gasteiger partial charge is 0.270 e. The Morgan fingerprint density at radius 2 is 0.759 bits per heavy atom. The quantitative estimate of drug-likeness (QED) is 0.0780. The largest absolute Gasteiger partial charge is 0.416 e. The maximum Gasteiger partial charge on any atom is 0.416 e. The number of carbonyl (C=O) groups is 4. The third kappa shape index (κ3) is 4.64. The van der Waals surface area contributed by atoms with Crippen molar-refractivity contribution in [3.8, 4) is 0 Å². The van der Waals surface area contributed by atoms with Crippen LogP contribution in [0.4, 0.5) is 35.1 Å². The molecule has 0 unspecified atom stereocenters. The number of hydrogen-bond donors (Lipinski definition) is 0. The van der Waals surface area contributed by atoms with Gasteiger partial charge in [-0.3, -0.25) is 29.0 Å². The van der Waals surface area contributed by atoms with Gasteiger partial charge >= 0.3 is 12.4 Å². The first kappa shape index (κ1) is 33.4. The van der Waals surface area contributed by atoms with Gasteiger partial charge in [-0.1, -0.05) is 36.4 Å². The molecule has 54 heavy (non-hydrogen) atoms. The number of nitrogens with zero attached hydrogens (tertiary/aromatic N) is 2. The number of halogens is 8. The number of hydrogen-bond acceptors (Lipinski definition) is 4. The highest BCUT2D eigenvalue weighted by Gasteiger charge is 2.39. The van der Waals surface area contributed by atoms with E-state index in [4.69, 9.17) is 0 Å². The van der Waals surface area contributed by atoms with Crippen molar-refractivity contribution in [2.24, 2.45) is 0 Å². The summed E-state index contributed by atoms with van der Waals surface area (Å²) in [4.78, 5) is 56.8. The standard InChI is InChI=1S/C40H18F8N2O4/c41-27-13-25-31-26(38(54)50(37(25)53)16-18-3-7-20(8-4-18)40(46,47)48)14-28(42)33-22-10-12-24-30-23(11-9-21(29(22)30)32(27)34(31)33)35(51)49(36(24)52)15-17-1-5-19(6-2-17)39(43,44)45/h1-14H,15-16H2. The van der Waals surface area contributed by atoms with Gasteiger partial charge < -0.3 is 0 Å². The molecule has 0 spiro atoms. The molecule has 2 aliphatic heterocycles. The first-order valence-corrected chi connectivity index (χ1v) is 16.2. The SMILES string of the molecule is O=C1c2ccc3c4c(F)cc5c6c(cc(F)c(c7ccc(c2c37)C(=O)N1Cc1ccc(C(F)(F)F)cc1)c64)C(=O)N(Cc1ccc(C(F)(F)F)cc1)C5=O. The molecule has 0 N–H and O–H groups in total. The van der Waals surface area contributed by atoms with Gasteiger partial charge in [0.05, 0.1) is 35.3 Å². The van der Waals surface area contributed by atoms with Gasteiger partial charge in [-0.05, 0) is 75.8 Å². The van der Waals surface area contributed by atoms with E-state index in [0.29, 0.717) is 4.90 Å². The molecular weight excluding hydrogens is 724 g/mol. The van der Waals surface area contributed by atoms with Crippen LogP contribution >= 0.6 is 0 Å². The highest BCUT2D eigenvalue weighted by Crippen LogP contribution is 2.48. The van der Waals surface area contributed by atoms with Crippen molar-refractivity contribution in [3.05, 3.63) is 141 Å². The Morgan fingerprint density at radius 1 is 0.407 bits per heavy atom. The predicted molar refractivity (Wildman–Crippen MR) is 179 cm³/mol. The molecule has 6 nitrogen and oxygen atoms in total. The molecular formula is C40H18F8N2O4. The van der Waals surface area contributed by atoms with Gasteiger partial charge in [0.15, 0.2) is 0 Å². The molecule has 0 saturated carbocycles. The Kier molecular flexibility index (Phi) is 6.83. The molecule has 268 valence electrons. The number of rotatable bonds is 4. The van der Waals surface area contributed by atoms with Crippen LogP contribution in [-0.4, -0.2) is 33.4 Å². The van der Waals surface area contributed by atoms with Crippen molar-refractivity contribution < 1.29 is 54.3 Å². The number of benzene rings is 7. The van der Waals surface area contributed by atoms with Crippen LogP contribution in [0.15, 0.2) is 84.9 Å². The van der Waals surface area contributed by atoms with Crippen LogP contribution in [0.1, 0.15) is 63.7 Å². The van der Waals surface area contributed by atoms with Crippen LogP contribution in [0.5, 0.6) is 0 Å². The highest BCUT2D eigenvalue weighted by atomic mass is 19.4. The first-order valence-electron chi connectivity index (χ1n) is 16.2. The summed E-state index contributed by atoms with van der Waals surface area (Å²) in [5, 5.41) is 0.126. The second-order valence-electron chi connectivity index (χ2n) is 13.2. The Balaban J connectivity index is 1.18. The summed E-state index contributed by atoms with van der Waals surface area (Å²) in [7, 11) is 0. The molecule has 0 fully saturated rings. The van der Waals surface area contributed by atoms with Crippen LogP contribution < -0.4 is 0 Å². The van der Waals surface area contributed by atoms with Gasteiger partial charge in [0, 0.05) is 38.1 Å². The second-order valence-corrected chi connectivity index (χ2v) is 13.2. The molecule has 9 rings (SSSR count). The van der Waals surface area contributed by atoms with E-state index < -0.39 is 65.3 Å². The first-order chi connectivity index (χ1) is 25.5. The van der Waals surface area contributed by atoms with Crippen molar-refractivity contribution in [3.63, 3.8) is 0 Å². The molecule has 14 heteroatoms. The van der Waals surface area contributed by atoms with E-state index in [1.54, 1.807) is 0 Å². The molecule has 0 saturated heterocycles. The average Bonchev–Trinajstić information content (AvgIpc) is 3.12. The zero-order chi connectivity index (χ0) is 38.2. The maximum atomic E-state index is 16.4. The molecule has 7 aromatic carbocycles. The number of carbonyl (C=O) groups excluding carboxylic acids is 4. The molecule has 0 aromatic heterocycles. The summed E-state index contributed by atoms with van der Waals surface area (Å²) in [5.74, 6) is -5.41. The lowest BCUT2D eigenvalue weighted by Gasteiger charge is -2.30. The summed E-state index contributed by atoms with van der Waals surface area (Å²) >= 11 is 0. The third-order valence-electron chi connectivity index (χ3n) is 10.2. The Labute approximate surface area is 297 Å². The Morgan fingerprint density at radius 3 is 1.13 bits per heavy atom. The highest BCUT2D eigenvalue weighted by molar-refractivity contribution is 6.41. The second kappa shape index (κ2) is 11.0. The van der Waals surface area contributed by atoms with E-state index in [1.165, 1.54) is 24.3 Å². The molecule has 0 bridgehead atoms. The van der Waals surface area contributed by atoms with E-state index in [1.807, 2.05) is 0 Å². The molecule has 0 radical (unpaired) electrons. The van der Waals surface area contributed by atoms with Gasteiger partial charge in [-0.2, -0.15) is 26.3 Å². The van der Waals surface area contributed by atoms with Gasteiger partial charge in [-0.25, -0.2) is 8.78 Å². The summed E-state index contributed by atoms with van der Waals surface area (Å²) in [6.07, 6.45) is -9.21. The molecule has 2 heterocycles. The van der Waals surface area contributed by atoms with E-state index in [-0.39, 0.29) is 83.0 Å². The normalized spacial score (nSPS) is 14.9. The number of alkyl halides is 6. The molecule has 0 aliphatic carbocycles. The average molecular weight is 743 g/mol. The summed E-state index contributed by atoms with van der Waals surface area (Å²) in [6, 6.07) is 15.1. The van der Waals surface area contributed by atoms with Crippen LogP contribution in [-0.2, 0) is 25.4 Å². The van der Waals surface area contributed by atoms with Crippen LogP contribution in [0.25, 0.3) is 43.1 Å². The van der Waals surface area contributed by atoms with Gasteiger partial charge in [0.1, 0.15) is 11.6 Å². The maximum absolute atomic E-state index is 16.4. The van der Waals surface area contributed by atoms with Crippen molar-refractivity contribution in [1.29, 1.82) is 0 Å². The Bertz CT molecular complexity index is 2720. The monoisotopic (exact) mass is 742 g/mol. The number of amides is 4. The van der Waals surface area contributed by atoms with Crippen molar-refractivity contribution in [2.75, 3.05) is 0 Å². The van der Waals surface area contributed by atoms with Gasteiger partial charge in [0.2, 0.25) is 0 Å². The fraction of sp³-hybridized carbons (Fsp3) is 0.100. The van der Waals surface area contributed by atoms with Crippen LogP contribution in [0, 0.1) is 11.6 Å². The van der Waals surface area contributed by atoms with Gasteiger partial charge in [-0.15, -0.1) is 0 Å². The minimum absolute atomic E-state index is 0.0104. The van der Waals surface area contributed by atoms with Crippen molar-refractivity contribution >= 4 is 66.7 Å². The van der Waals surface area contributed by atoms with Crippen molar-refractivity contribution in [1.82, 2.24) is 9.80 Å². The van der Waals surface area contributed by atoms with E-state index in [0.717, 1.165) is 65.6 Å². The lowest BCUT2D eigenvalue weighted by atomic mass is 9.81. The molecule has 2 aliphatic rings. The minimum Gasteiger partial charge on any atom is -0.270 e. The van der Waals surface area contributed by atoms with Crippen LogP contribution in [0.2, 0.25) is 0 Å². The minimum atomic E-state index is -4.62. The fourth-order valence-electron chi connectivity index (χ4n) is 7.72. The summed E-state index contributed by atoms with van der Waals surface area (Å²) in [5.41, 5.74) is -1.96. The number of imide groups is 2. The van der Waals surface area contributed by atoms with E-state index >= 15 is 8.78 Å². The summed E-state index contributed by atoms with van der Waals surface area (Å²) < 4.78 is 112. The lowest BCUT2D eigenvalue weighted by molar-refractivity contribution is -0.138. The predicted octanol–water partition coefficient (Wildman–Crippen LogP) is 9.65. The third-order valence-corrected chi connectivity index (χ3v) is 10.2. The topological polar surface area (TPSA) is 74.8 Å². The van der Waals surface area contributed by atoms with E-state index in [9.17, 15) is 45.5 Å². The lowest BCUT2D eigenvalue weighted by Crippen LogP contribution is -2.40. The zero-order valence-electron chi connectivity index (χ0n) is 27.0. The number of fused-ring (bicyclic) bond motifs is 2. The van der Waals surface area contributed by atoms with Crippen LogP contribution in [0.3, 0.4) is 0 Å². The van der Waals surface area contributed by atoms with E-state index in [2.05, 4.69) is 0 Å². The van der Waals surface area contributed by atoms with Crippen molar-refractivity contribution in [2.45, 2.75) is 25.4 Å². The molecule has 0 atom stereocenters. The Hall–Kier alpha value is -6.44.